The van der Waals surface area contributed by atoms with Crippen molar-refractivity contribution in [2.75, 3.05) is 20.1 Å². The first kappa shape index (κ1) is 14.5. The van der Waals surface area contributed by atoms with Crippen LogP contribution in [0.2, 0.25) is 0 Å². The number of piperazine rings is 1. The fourth-order valence-electron chi connectivity index (χ4n) is 2.66. The van der Waals surface area contributed by atoms with Gasteiger partial charge in [0.15, 0.2) is 0 Å². The van der Waals surface area contributed by atoms with Gasteiger partial charge in [0.2, 0.25) is 0 Å². The van der Waals surface area contributed by atoms with Crippen LogP contribution in [0.1, 0.15) is 23.7 Å². The van der Waals surface area contributed by atoms with Crippen molar-refractivity contribution in [3.63, 3.8) is 0 Å². The Morgan fingerprint density at radius 3 is 2.50 bits per heavy atom. The third kappa shape index (κ3) is 3.17. The number of rotatable bonds is 3. The van der Waals surface area contributed by atoms with Crippen LogP contribution in [0.25, 0.3) is 0 Å². The van der Waals surface area contributed by atoms with E-state index in [4.69, 9.17) is 5.11 Å². The van der Waals surface area contributed by atoms with Gasteiger partial charge in [0.1, 0.15) is 0 Å². The van der Waals surface area contributed by atoms with E-state index in [1.54, 1.807) is 17.0 Å². The van der Waals surface area contributed by atoms with Gasteiger partial charge in [-0.3, -0.25) is 14.5 Å². The lowest BCUT2D eigenvalue weighted by Gasteiger charge is -2.43. The smallest absolute Gasteiger partial charge is 0.305 e. The van der Waals surface area contributed by atoms with Crippen LogP contribution in [0.4, 0.5) is 0 Å². The van der Waals surface area contributed by atoms with Crippen LogP contribution in [-0.4, -0.2) is 59.0 Å². The second kappa shape index (κ2) is 6.05. The highest BCUT2D eigenvalue weighted by molar-refractivity contribution is 5.94. The van der Waals surface area contributed by atoms with Crippen LogP contribution in [0.3, 0.4) is 0 Å². The van der Waals surface area contributed by atoms with Crippen LogP contribution in [0.15, 0.2) is 30.3 Å². The van der Waals surface area contributed by atoms with Gasteiger partial charge in [-0.1, -0.05) is 18.2 Å². The van der Waals surface area contributed by atoms with Gasteiger partial charge in [0.05, 0.1) is 6.42 Å². The van der Waals surface area contributed by atoms with E-state index in [-0.39, 0.29) is 24.4 Å². The Kier molecular flexibility index (Phi) is 4.39. The maximum atomic E-state index is 12.5. The normalized spacial score (nSPS) is 23.6. The van der Waals surface area contributed by atoms with Crippen LogP contribution in [0.5, 0.6) is 0 Å². The summed E-state index contributed by atoms with van der Waals surface area (Å²) in [4.78, 5) is 27.2. The Balaban J connectivity index is 2.14. The molecule has 1 N–H and O–H groups in total. The maximum Gasteiger partial charge on any atom is 0.305 e. The molecule has 2 rings (SSSR count). The summed E-state index contributed by atoms with van der Waals surface area (Å²) < 4.78 is 0. The first-order chi connectivity index (χ1) is 9.49. The predicted molar refractivity (Wildman–Crippen MR) is 75.6 cm³/mol. The topological polar surface area (TPSA) is 60.9 Å². The van der Waals surface area contributed by atoms with E-state index < -0.39 is 5.97 Å². The molecule has 2 atom stereocenters. The minimum atomic E-state index is -0.830. The number of hydrogen-bond acceptors (Lipinski definition) is 3. The summed E-state index contributed by atoms with van der Waals surface area (Å²) in [5.41, 5.74) is 0.651. The van der Waals surface area contributed by atoms with Gasteiger partial charge in [-0.2, -0.15) is 0 Å². The summed E-state index contributed by atoms with van der Waals surface area (Å²) in [7, 11) is 1.91. The zero-order valence-corrected chi connectivity index (χ0v) is 11.8. The van der Waals surface area contributed by atoms with E-state index >= 15 is 0 Å². The summed E-state index contributed by atoms with van der Waals surface area (Å²) in [5, 5.41) is 8.96. The molecule has 1 heterocycles. The Morgan fingerprint density at radius 2 is 1.90 bits per heavy atom. The fourth-order valence-corrected chi connectivity index (χ4v) is 2.66. The van der Waals surface area contributed by atoms with Gasteiger partial charge >= 0.3 is 5.97 Å². The molecule has 0 radical (unpaired) electrons. The molecular weight excluding hydrogens is 256 g/mol. The number of hydrogen-bond donors (Lipinski definition) is 1. The maximum absolute atomic E-state index is 12.5. The number of nitrogens with zero attached hydrogens (tertiary/aromatic N) is 2. The van der Waals surface area contributed by atoms with E-state index in [0.717, 1.165) is 0 Å². The number of carbonyl (C=O) groups is 2. The highest BCUT2D eigenvalue weighted by Crippen LogP contribution is 2.18. The van der Waals surface area contributed by atoms with Crippen LogP contribution >= 0.6 is 0 Å². The Hall–Kier alpha value is -1.88. The molecule has 0 bridgehead atoms. The molecule has 0 saturated carbocycles. The Labute approximate surface area is 118 Å². The van der Waals surface area contributed by atoms with Gasteiger partial charge < -0.3 is 10.0 Å². The van der Waals surface area contributed by atoms with Crippen molar-refractivity contribution in [3.8, 4) is 0 Å². The van der Waals surface area contributed by atoms with E-state index in [1.807, 2.05) is 37.1 Å². The molecule has 20 heavy (non-hydrogen) atoms. The Morgan fingerprint density at radius 1 is 1.25 bits per heavy atom. The average Bonchev–Trinajstić information content (AvgIpc) is 2.41. The molecule has 1 fully saturated rings. The van der Waals surface area contributed by atoms with Gasteiger partial charge in [-0.15, -0.1) is 0 Å². The number of amides is 1. The lowest BCUT2D eigenvalue weighted by molar-refractivity contribution is -0.139. The Bertz CT molecular complexity index is 489. The summed E-state index contributed by atoms with van der Waals surface area (Å²) in [6, 6.07) is 9.08. The molecule has 1 aromatic carbocycles. The van der Waals surface area contributed by atoms with Crippen molar-refractivity contribution in [3.05, 3.63) is 35.9 Å². The molecule has 1 aliphatic heterocycles. The molecule has 5 heteroatoms. The van der Waals surface area contributed by atoms with Crippen molar-refractivity contribution >= 4 is 11.9 Å². The summed E-state index contributed by atoms with van der Waals surface area (Å²) in [6.07, 6.45) is 0.0573. The fraction of sp³-hybridized carbons (Fsp3) is 0.467. The average molecular weight is 276 g/mol. The van der Waals surface area contributed by atoms with Gasteiger partial charge in [0.25, 0.3) is 5.91 Å². The largest absolute Gasteiger partial charge is 0.481 e. The number of likely N-dealkylation sites (N-methyl/N-ethyl adjacent to an activating group) is 1. The lowest BCUT2D eigenvalue weighted by atomic mass is 10.0. The zero-order valence-electron chi connectivity index (χ0n) is 11.8. The molecule has 1 aliphatic rings. The van der Waals surface area contributed by atoms with Crippen molar-refractivity contribution in [1.29, 1.82) is 0 Å². The number of carbonyl (C=O) groups excluding carboxylic acids is 1. The molecular formula is C15H20N2O3. The molecule has 0 aromatic heterocycles. The van der Waals surface area contributed by atoms with E-state index in [2.05, 4.69) is 0 Å². The van der Waals surface area contributed by atoms with E-state index in [1.165, 1.54) is 0 Å². The van der Waals surface area contributed by atoms with E-state index in [0.29, 0.717) is 18.7 Å². The van der Waals surface area contributed by atoms with Crippen molar-refractivity contribution in [2.24, 2.45) is 0 Å². The van der Waals surface area contributed by atoms with Gasteiger partial charge in [-0.05, 0) is 26.1 Å². The molecule has 1 aromatic rings. The predicted octanol–water partition coefficient (Wildman–Crippen LogP) is 1.31. The summed E-state index contributed by atoms with van der Waals surface area (Å²) in [6.45, 7) is 3.14. The first-order valence-corrected chi connectivity index (χ1v) is 6.77. The molecule has 5 nitrogen and oxygen atoms in total. The highest BCUT2D eigenvalue weighted by atomic mass is 16.4. The molecule has 1 amide bonds. The second-order valence-corrected chi connectivity index (χ2v) is 5.36. The SMILES string of the molecule is C[C@@H]1CN(C)[C@H](CC(=O)O)CN1C(=O)c1ccccc1. The zero-order chi connectivity index (χ0) is 14.7. The van der Waals surface area contributed by atoms with Crippen molar-refractivity contribution < 1.29 is 14.7 Å². The monoisotopic (exact) mass is 276 g/mol. The van der Waals surface area contributed by atoms with E-state index in [9.17, 15) is 9.59 Å². The highest BCUT2D eigenvalue weighted by Gasteiger charge is 2.33. The van der Waals surface area contributed by atoms with Crippen LogP contribution < -0.4 is 0 Å². The number of carboxylic acids is 1. The number of carboxylic acid groups (broad SMARTS) is 1. The molecule has 0 unspecified atom stereocenters. The summed E-state index contributed by atoms with van der Waals surface area (Å²) in [5.74, 6) is -0.856. The number of aliphatic carboxylic acids is 1. The second-order valence-electron chi connectivity index (χ2n) is 5.36. The van der Waals surface area contributed by atoms with Gasteiger partial charge in [-0.25, -0.2) is 0 Å². The van der Waals surface area contributed by atoms with Gasteiger partial charge in [0, 0.05) is 30.7 Å². The van der Waals surface area contributed by atoms with Crippen LogP contribution in [0, 0.1) is 0 Å². The molecule has 0 aliphatic carbocycles. The number of benzene rings is 1. The molecule has 108 valence electrons. The first-order valence-electron chi connectivity index (χ1n) is 6.77. The minimum absolute atomic E-state index is 0.0263. The van der Waals surface area contributed by atoms with Crippen LogP contribution in [-0.2, 0) is 4.79 Å². The molecule has 1 saturated heterocycles. The minimum Gasteiger partial charge on any atom is -0.481 e. The van der Waals surface area contributed by atoms with Crippen molar-refractivity contribution in [1.82, 2.24) is 9.80 Å². The standard InChI is InChI=1S/C15H20N2O3/c1-11-9-16(2)13(8-14(18)19)10-17(11)15(20)12-6-4-3-5-7-12/h3-7,11,13H,8-10H2,1-2H3,(H,18,19)/t11-,13-/m1/s1. The quantitative estimate of drug-likeness (QED) is 0.904. The van der Waals surface area contributed by atoms with Crippen molar-refractivity contribution in [2.45, 2.75) is 25.4 Å². The lowest BCUT2D eigenvalue weighted by Crippen LogP contribution is -2.58. The third-order valence-corrected chi connectivity index (χ3v) is 3.81. The third-order valence-electron chi connectivity index (χ3n) is 3.81. The molecule has 0 spiro atoms. The summed E-state index contributed by atoms with van der Waals surface area (Å²) >= 11 is 0.